The van der Waals surface area contributed by atoms with Gasteiger partial charge in [-0.3, -0.25) is 4.79 Å². The molecule has 0 aliphatic rings. The zero-order valence-electron chi connectivity index (χ0n) is 10.7. The number of alkyl halides is 3. The summed E-state index contributed by atoms with van der Waals surface area (Å²) in [5.41, 5.74) is -0.540. The van der Waals surface area contributed by atoms with Gasteiger partial charge in [0.1, 0.15) is 0 Å². The molecule has 2 nitrogen and oxygen atoms in total. The van der Waals surface area contributed by atoms with Crippen LogP contribution in [-0.4, -0.2) is 5.91 Å². The molecule has 0 atom stereocenters. The van der Waals surface area contributed by atoms with E-state index in [1.54, 1.807) is 30.3 Å². The maximum Gasteiger partial charge on any atom is 0.418 e. The topological polar surface area (TPSA) is 29.1 Å². The van der Waals surface area contributed by atoms with Gasteiger partial charge in [-0.2, -0.15) is 13.2 Å². The molecule has 0 aliphatic carbocycles. The number of benzene rings is 2. The van der Waals surface area contributed by atoms with Crippen molar-refractivity contribution in [3.63, 3.8) is 0 Å². The molecule has 1 N–H and O–H groups in total. The van der Waals surface area contributed by atoms with E-state index in [2.05, 4.69) is 5.32 Å². The Morgan fingerprint density at radius 1 is 1.10 bits per heavy atom. The minimum Gasteiger partial charge on any atom is -0.325 e. The highest BCUT2D eigenvalue weighted by molar-refractivity contribution is 6.30. The van der Waals surface area contributed by atoms with Gasteiger partial charge in [-0.1, -0.05) is 41.9 Å². The minimum absolute atomic E-state index is 0.000758. The van der Waals surface area contributed by atoms with E-state index in [-0.39, 0.29) is 17.1 Å². The first-order chi connectivity index (χ1) is 9.86. The van der Waals surface area contributed by atoms with Crippen molar-refractivity contribution < 1.29 is 18.0 Å². The molecule has 0 aromatic heterocycles. The van der Waals surface area contributed by atoms with Gasteiger partial charge in [-0.05, 0) is 23.8 Å². The molecule has 6 heteroatoms. The van der Waals surface area contributed by atoms with Crippen molar-refractivity contribution in [3.05, 3.63) is 64.7 Å². The lowest BCUT2D eigenvalue weighted by Gasteiger charge is -2.14. The number of carbonyl (C=O) groups is 1. The van der Waals surface area contributed by atoms with Gasteiger partial charge < -0.3 is 5.32 Å². The second-order valence-corrected chi connectivity index (χ2v) is 4.83. The molecule has 0 spiro atoms. The average molecular weight is 314 g/mol. The zero-order valence-corrected chi connectivity index (χ0v) is 11.5. The van der Waals surface area contributed by atoms with Crippen LogP contribution in [0.25, 0.3) is 0 Å². The third-order valence-electron chi connectivity index (χ3n) is 2.77. The van der Waals surface area contributed by atoms with Crippen molar-refractivity contribution in [2.45, 2.75) is 12.6 Å². The van der Waals surface area contributed by atoms with Crippen LogP contribution in [0.5, 0.6) is 0 Å². The Hall–Kier alpha value is -2.01. The van der Waals surface area contributed by atoms with E-state index in [1.165, 1.54) is 6.07 Å². The van der Waals surface area contributed by atoms with E-state index >= 15 is 0 Å². The Morgan fingerprint density at radius 2 is 1.76 bits per heavy atom. The lowest BCUT2D eigenvalue weighted by molar-refractivity contribution is -0.137. The van der Waals surface area contributed by atoms with Crippen LogP contribution in [0, 0.1) is 0 Å². The molecule has 0 radical (unpaired) electrons. The van der Waals surface area contributed by atoms with E-state index < -0.39 is 17.6 Å². The SMILES string of the molecule is O=C(Cc1ccccc1)Nc1ccc(Cl)cc1C(F)(F)F. The van der Waals surface area contributed by atoms with Crippen LogP contribution in [0.3, 0.4) is 0 Å². The van der Waals surface area contributed by atoms with Gasteiger partial charge in [-0.25, -0.2) is 0 Å². The number of nitrogens with one attached hydrogen (secondary N) is 1. The summed E-state index contributed by atoms with van der Waals surface area (Å²) in [6.07, 6.45) is -4.58. The van der Waals surface area contributed by atoms with Crippen LogP contribution < -0.4 is 5.32 Å². The summed E-state index contributed by atoms with van der Waals surface area (Å²) in [5, 5.41) is 2.24. The molecule has 2 rings (SSSR count). The van der Waals surface area contributed by atoms with Crippen LogP contribution in [-0.2, 0) is 17.4 Å². The van der Waals surface area contributed by atoms with Gasteiger partial charge in [0.2, 0.25) is 5.91 Å². The van der Waals surface area contributed by atoms with Gasteiger partial charge in [0.15, 0.2) is 0 Å². The van der Waals surface area contributed by atoms with Crippen molar-refractivity contribution in [1.82, 2.24) is 0 Å². The Kier molecular flexibility index (Phi) is 4.53. The number of halogens is 4. The highest BCUT2D eigenvalue weighted by Crippen LogP contribution is 2.36. The maximum atomic E-state index is 12.9. The van der Waals surface area contributed by atoms with Gasteiger partial charge in [0.05, 0.1) is 17.7 Å². The second-order valence-electron chi connectivity index (χ2n) is 4.40. The molecule has 0 aliphatic heterocycles. The quantitative estimate of drug-likeness (QED) is 0.885. The zero-order chi connectivity index (χ0) is 15.5. The Labute approximate surface area is 124 Å². The number of hydrogen-bond acceptors (Lipinski definition) is 1. The molecule has 2 aromatic carbocycles. The summed E-state index contributed by atoms with van der Waals surface area (Å²) in [6, 6.07) is 12.0. The fourth-order valence-electron chi connectivity index (χ4n) is 1.84. The van der Waals surface area contributed by atoms with E-state index in [4.69, 9.17) is 11.6 Å². The summed E-state index contributed by atoms with van der Waals surface area (Å²) >= 11 is 5.58. The third kappa shape index (κ3) is 4.23. The minimum atomic E-state index is -4.58. The van der Waals surface area contributed by atoms with Crippen molar-refractivity contribution >= 4 is 23.2 Å². The van der Waals surface area contributed by atoms with Gasteiger partial charge in [-0.15, -0.1) is 0 Å². The molecule has 2 aromatic rings. The largest absolute Gasteiger partial charge is 0.418 e. The predicted octanol–water partition coefficient (Wildman–Crippen LogP) is 4.54. The summed E-state index contributed by atoms with van der Waals surface area (Å²) < 4.78 is 38.7. The highest BCUT2D eigenvalue weighted by atomic mass is 35.5. The summed E-state index contributed by atoms with van der Waals surface area (Å²) in [5.74, 6) is -0.519. The van der Waals surface area contributed by atoms with Crippen LogP contribution in [0.4, 0.5) is 18.9 Å². The van der Waals surface area contributed by atoms with Gasteiger partial charge >= 0.3 is 6.18 Å². The number of rotatable bonds is 3. The number of carbonyl (C=O) groups excluding carboxylic acids is 1. The molecule has 110 valence electrons. The Morgan fingerprint density at radius 3 is 2.38 bits per heavy atom. The average Bonchev–Trinajstić information content (AvgIpc) is 2.40. The van der Waals surface area contributed by atoms with Crippen LogP contribution in [0.15, 0.2) is 48.5 Å². The molecular formula is C15H11ClF3NO. The number of anilines is 1. The third-order valence-corrected chi connectivity index (χ3v) is 3.00. The smallest absolute Gasteiger partial charge is 0.325 e. The predicted molar refractivity (Wildman–Crippen MR) is 75.2 cm³/mol. The van der Waals surface area contributed by atoms with E-state index in [0.29, 0.717) is 0 Å². The Balaban J connectivity index is 2.18. The summed E-state index contributed by atoms with van der Waals surface area (Å²) in [6.45, 7) is 0. The van der Waals surface area contributed by atoms with Crippen molar-refractivity contribution in [2.24, 2.45) is 0 Å². The van der Waals surface area contributed by atoms with Crippen molar-refractivity contribution in [1.29, 1.82) is 0 Å². The molecule has 0 heterocycles. The monoisotopic (exact) mass is 313 g/mol. The normalized spacial score (nSPS) is 11.2. The second kappa shape index (κ2) is 6.18. The lowest BCUT2D eigenvalue weighted by atomic mass is 10.1. The Bertz CT molecular complexity index is 641. The first-order valence-electron chi connectivity index (χ1n) is 6.07. The van der Waals surface area contributed by atoms with Crippen LogP contribution in [0.1, 0.15) is 11.1 Å². The van der Waals surface area contributed by atoms with E-state index in [0.717, 1.165) is 17.7 Å². The number of amides is 1. The molecule has 0 fully saturated rings. The summed E-state index contributed by atoms with van der Waals surface area (Å²) in [4.78, 5) is 11.8. The fraction of sp³-hybridized carbons (Fsp3) is 0.133. The molecule has 1 amide bonds. The molecule has 0 saturated heterocycles. The van der Waals surface area contributed by atoms with Crippen LogP contribution in [0.2, 0.25) is 5.02 Å². The number of hydrogen-bond donors (Lipinski definition) is 1. The molecule has 0 saturated carbocycles. The van der Waals surface area contributed by atoms with Crippen molar-refractivity contribution in [3.8, 4) is 0 Å². The maximum absolute atomic E-state index is 12.9. The van der Waals surface area contributed by atoms with Crippen molar-refractivity contribution in [2.75, 3.05) is 5.32 Å². The first kappa shape index (κ1) is 15.4. The lowest BCUT2D eigenvalue weighted by Crippen LogP contribution is -2.18. The van der Waals surface area contributed by atoms with E-state index in [9.17, 15) is 18.0 Å². The van der Waals surface area contributed by atoms with E-state index in [1.807, 2.05) is 0 Å². The van der Waals surface area contributed by atoms with Crippen LogP contribution >= 0.6 is 11.6 Å². The molecule has 21 heavy (non-hydrogen) atoms. The highest BCUT2D eigenvalue weighted by Gasteiger charge is 2.34. The summed E-state index contributed by atoms with van der Waals surface area (Å²) in [7, 11) is 0. The molecular weight excluding hydrogens is 303 g/mol. The van der Waals surface area contributed by atoms with Gasteiger partial charge in [0, 0.05) is 5.02 Å². The molecule has 0 bridgehead atoms. The molecule has 0 unspecified atom stereocenters. The fourth-order valence-corrected chi connectivity index (χ4v) is 2.01. The first-order valence-corrected chi connectivity index (χ1v) is 6.44. The van der Waals surface area contributed by atoms with Gasteiger partial charge in [0.25, 0.3) is 0 Å². The standard InChI is InChI=1S/C15H11ClF3NO/c16-11-6-7-13(12(9-11)15(17,18)19)20-14(21)8-10-4-2-1-3-5-10/h1-7,9H,8H2,(H,20,21).